The molecule has 1 rings (SSSR count). The summed E-state index contributed by atoms with van der Waals surface area (Å²) in [6.07, 6.45) is 4.54. The van der Waals surface area contributed by atoms with Crippen LogP contribution in [0.4, 0.5) is 0 Å². The van der Waals surface area contributed by atoms with Crippen molar-refractivity contribution in [1.29, 1.82) is 0 Å². The predicted octanol–water partition coefficient (Wildman–Crippen LogP) is 3.02. The molecular weight excluding hydrogens is 184 g/mol. The summed E-state index contributed by atoms with van der Waals surface area (Å²) in [6, 6.07) is 9.61. The molecule has 13 heavy (non-hydrogen) atoms. The highest BCUT2D eigenvalue weighted by Crippen LogP contribution is 2.00. The Labute approximate surface area is 82.3 Å². The summed E-state index contributed by atoms with van der Waals surface area (Å²) < 4.78 is 0. The molecule has 0 aromatic heterocycles. The van der Waals surface area contributed by atoms with Crippen LogP contribution >= 0.6 is 11.6 Å². The Morgan fingerprint density at radius 2 is 1.85 bits per heavy atom. The molecular formula is C11H9ClO. The van der Waals surface area contributed by atoms with Crippen LogP contribution in [0.25, 0.3) is 6.08 Å². The van der Waals surface area contributed by atoms with Gasteiger partial charge in [-0.1, -0.05) is 48.0 Å². The summed E-state index contributed by atoms with van der Waals surface area (Å²) in [6.45, 7) is 0. The fraction of sp³-hybridized carbons (Fsp3) is 0. The normalized spacial score (nSPS) is 11.2. The molecule has 0 N–H and O–H groups in total. The standard InChI is InChI=1S/C11H9ClO/c12-9-8-11(13)7-6-10-4-2-1-3-5-10/h1-9H/b7-6+,9-8+. The van der Waals surface area contributed by atoms with E-state index in [1.54, 1.807) is 6.08 Å². The Morgan fingerprint density at radius 3 is 2.46 bits per heavy atom. The van der Waals surface area contributed by atoms with Gasteiger partial charge in [-0.3, -0.25) is 4.79 Å². The second kappa shape index (κ2) is 5.33. The van der Waals surface area contributed by atoms with Gasteiger partial charge in [0.1, 0.15) is 0 Å². The van der Waals surface area contributed by atoms with Gasteiger partial charge in [-0.25, -0.2) is 0 Å². The van der Waals surface area contributed by atoms with E-state index in [0.29, 0.717) is 0 Å². The van der Waals surface area contributed by atoms with E-state index < -0.39 is 0 Å². The maximum atomic E-state index is 11.0. The second-order valence-electron chi connectivity index (χ2n) is 2.44. The second-order valence-corrected chi connectivity index (χ2v) is 2.69. The van der Waals surface area contributed by atoms with E-state index in [1.807, 2.05) is 30.3 Å². The van der Waals surface area contributed by atoms with Crippen LogP contribution in [-0.4, -0.2) is 5.78 Å². The van der Waals surface area contributed by atoms with Gasteiger partial charge in [-0.2, -0.15) is 0 Å². The largest absolute Gasteiger partial charge is 0.290 e. The van der Waals surface area contributed by atoms with Crippen LogP contribution in [0.5, 0.6) is 0 Å². The fourth-order valence-corrected chi connectivity index (χ4v) is 0.984. The highest BCUT2D eigenvalue weighted by Gasteiger charge is 1.87. The molecule has 0 amide bonds. The van der Waals surface area contributed by atoms with Gasteiger partial charge in [0.05, 0.1) is 0 Å². The Kier molecular flexibility index (Phi) is 4.00. The smallest absolute Gasteiger partial charge is 0.179 e. The van der Waals surface area contributed by atoms with Gasteiger partial charge in [0.15, 0.2) is 5.78 Å². The van der Waals surface area contributed by atoms with Crippen LogP contribution in [0, 0.1) is 0 Å². The monoisotopic (exact) mass is 192 g/mol. The van der Waals surface area contributed by atoms with Crippen molar-refractivity contribution in [3.8, 4) is 0 Å². The lowest BCUT2D eigenvalue weighted by Crippen LogP contribution is -1.82. The molecule has 1 nitrogen and oxygen atoms in total. The Balaban J connectivity index is 2.64. The number of hydrogen-bond donors (Lipinski definition) is 0. The van der Waals surface area contributed by atoms with E-state index in [9.17, 15) is 4.79 Å². The van der Waals surface area contributed by atoms with E-state index in [0.717, 1.165) is 5.56 Å². The van der Waals surface area contributed by atoms with Gasteiger partial charge in [-0.15, -0.1) is 0 Å². The van der Waals surface area contributed by atoms with Crippen LogP contribution in [0.2, 0.25) is 0 Å². The Morgan fingerprint density at radius 1 is 1.15 bits per heavy atom. The van der Waals surface area contributed by atoms with E-state index >= 15 is 0 Å². The van der Waals surface area contributed by atoms with Crippen molar-refractivity contribution in [2.75, 3.05) is 0 Å². The molecule has 0 bridgehead atoms. The average Bonchev–Trinajstić information content (AvgIpc) is 2.17. The van der Waals surface area contributed by atoms with E-state index in [2.05, 4.69) is 0 Å². The van der Waals surface area contributed by atoms with Crippen LogP contribution in [0.3, 0.4) is 0 Å². The Bertz CT molecular complexity index is 325. The zero-order chi connectivity index (χ0) is 9.52. The van der Waals surface area contributed by atoms with Crippen LogP contribution in [0.15, 0.2) is 48.0 Å². The summed E-state index contributed by atoms with van der Waals surface area (Å²) in [5.74, 6) is -0.112. The summed E-state index contributed by atoms with van der Waals surface area (Å²) in [5.41, 5.74) is 2.20. The number of rotatable bonds is 3. The summed E-state index contributed by atoms with van der Waals surface area (Å²) in [5, 5.41) is 0. The maximum absolute atomic E-state index is 11.0. The third-order valence-corrected chi connectivity index (χ3v) is 1.59. The minimum atomic E-state index is -0.112. The first kappa shape index (κ1) is 9.75. The highest BCUT2D eigenvalue weighted by atomic mass is 35.5. The van der Waals surface area contributed by atoms with E-state index in [4.69, 9.17) is 11.6 Å². The summed E-state index contributed by atoms with van der Waals surface area (Å²) in [7, 11) is 0. The molecule has 0 saturated carbocycles. The molecule has 0 fully saturated rings. The number of benzene rings is 1. The Hall–Kier alpha value is -1.34. The van der Waals surface area contributed by atoms with Crippen molar-refractivity contribution in [1.82, 2.24) is 0 Å². The number of ketones is 1. The topological polar surface area (TPSA) is 17.1 Å². The molecule has 0 radical (unpaired) electrons. The first-order valence-corrected chi connectivity index (χ1v) is 4.30. The lowest BCUT2D eigenvalue weighted by atomic mass is 10.2. The van der Waals surface area contributed by atoms with Gasteiger partial charge in [0, 0.05) is 5.54 Å². The molecule has 1 aromatic carbocycles. The van der Waals surface area contributed by atoms with E-state index in [-0.39, 0.29) is 5.78 Å². The van der Waals surface area contributed by atoms with Crippen molar-refractivity contribution >= 4 is 23.5 Å². The maximum Gasteiger partial charge on any atom is 0.179 e. The SMILES string of the molecule is O=C(/C=C/Cl)/C=C/c1ccccc1. The lowest BCUT2D eigenvalue weighted by molar-refractivity contribution is -0.110. The van der Waals surface area contributed by atoms with Gasteiger partial charge in [-0.05, 0) is 17.7 Å². The molecule has 2 heteroatoms. The molecule has 0 aliphatic heterocycles. The lowest BCUT2D eigenvalue weighted by Gasteiger charge is -1.88. The minimum Gasteiger partial charge on any atom is -0.290 e. The van der Waals surface area contributed by atoms with Gasteiger partial charge in [0.2, 0.25) is 0 Å². The average molecular weight is 193 g/mol. The zero-order valence-corrected chi connectivity index (χ0v) is 7.74. The predicted molar refractivity (Wildman–Crippen MR) is 55.5 cm³/mol. The molecule has 0 aliphatic carbocycles. The fourth-order valence-electron chi connectivity index (χ4n) is 0.860. The van der Waals surface area contributed by atoms with Gasteiger partial charge in [0.25, 0.3) is 0 Å². The molecule has 0 aliphatic rings. The quantitative estimate of drug-likeness (QED) is 0.673. The minimum absolute atomic E-state index is 0.112. The third kappa shape index (κ3) is 3.72. The molecule has 0 unspecified atom stereocenters. The third-order valence-electron chi connectivity index (χ3n) is 1.47. The molecule has 1 aromatic rings. The van der Waals surface area contributed by atoms with Crippen LogP contribution in [-0.2, 0) is 4.79 Å². The number of allylic oxidation sites excluding steroid dienone is 2. The molecule has 0 atom stereocenters. The summed E-state index contributed by atoms with van der Waals surface area (Å²) in [4.78, 5) is 11.0. The van der Waals surface area contributed by atoms with Crippen molar-refractivity contribution in [3.63, 3.8) is 0 Å². The molecule has 0 spiro atoms. The summed E-state index contributed by atoms with van der Waals surface area (Å²) >= 11 is 5.24. The van der Waals surface area contributed by atoms with Crippen molar-refractivity contribution < 1.29 is 4.79 Å². The first-order valence-electron chi connectivity index (χ1n) is 3.87. The molecule has 66 valence electrons. The van der Waals surface area contributed by atoms with Crippen molar-refractivity contribution in [2.24, 2.45) is 0 Å². The van der Waals surface area contributed by atoms with Crippen LogP contribution < -0.4 is 0 Å². The molecule has 0 saturated heterocycles. The number of hydrogen-bond acceptors (Lipinski definition) is 1. The van der Waals surface area contributed by atoms with Gasteiger partial charge < -0.3 is 0 Å². The number of carbonyl (C=O) groups is 1. The number of halogens is 1. The van der Waals surface area contributed by atoms with Crippen LogP contribution in [0.1, 0.15) is 5.56 Å². The van der Waals surface area contributed by atoms with E-state index in [1.165, 1.54) is 17.7 Å². The first-order chi connectivity index (χ1) is 6.33. The zero-order valence-electron chi connectivity index (χ0n) is 6.98. The van der Waals surface area contributed by atoms with Crippen molar-refractivity contribution in [3.05, 3.63) is 53.6 Å². The highest BCUT2D eigenvalue weighted by molar-refractivity contribution is 6.27. The molecule has 0 heterocycles. The van der Waals surface area contributed by atoms with Crippen molar-refractivity contribution in [2.45, 2.75) is 0 Å². The van der Waals surface area contributed by atoms with Gasteiger partial charge >= 0.3 is 0 Å². The number of carbonyl (C=O) groups excluding carboxylic acids is 1.